The summed E-state index contributed by atoms with van der Waals surface area (Å²) in [6, 6.07) is 20.2. The number of aliphatic carboxylic acids is 1. The van der Waals surface area contributed by atoms with E-state index in [-0.39, 0.29) is 31.4 Å². The van der Waals surface area contributed by atoms with Gasteiger partial charge in [0.1, 0.15) is 31.1 Å². The molecule has 0 spiro atoms. The summed E-state index contributed by atoms with van der Waals surface area (Å²) in [6.07, 6.45) is 4.60. The Bertz CT molecular complexity index is 1570. The second kappa shape index (κ2) is 13.8. The zero-order valence-electron chi connectivity index (χ0n) is 22.3. The van der Waals surface area contributed by atoms with Crippen molar-refractivity contribution in [3.05, 3.63) is 87.9 Å². The number of benzene rings is 3. The first-order valence-electron chi connectivity index (χ1n) is 12.8. The molecule has 3 aromatic carbocycles. The molecule has 1 atom stereocenters. The van der Waals surface area contributed by atoms with E-state index >= 15 is 0 Å². The number of hydrogen-bond donors (Lipinski definition) is 1. The van der Waals surface area contributed by atoms with Crippen LogP contribution in [0.4, 0.5) is 0 Å². The Morgan fingerprint density at radius 3 is 2.61 bits per heavy atom. The van der Waals surface area contributed by atoms with E-state index < -0.39 is 22.1 Å². The first kappa shape index (κ1) is 30.2. The van der Waals surface area contributed by atoms with Gasteiger partial charge in [-0.1, -0.05) is 72.3 Å². The van der Waals surface area contributed by atoms with Gasteiger partial charge in [-0.2, -0.15) is 13.7 Å². The van der Waals surface area contributed by atoms with Crippen molar-refractivity contribution in [1.82, 2.24) is 4.90 Å². The zero-order valence-corrected chi connectivity index (χ0v) is 23.9. The van der Waals surface area contributed by atoms with Gasteiger partial charge in [0, 0.05) is 18.7 Å². The van der Waals surface area contributed by atoms with Gasteiger partial charge in [0.05, 0.1) is 30.1 Å². The molecule has 11 heteroatoms. The average molecular weight is 597 g/mol. The second-order valence-electron chi connectivity index (χ2n) is 9.34. The van der Waals surface area contributed by atoms with Crippen LogP contribution < -0.4 is 4.74 Å². The van der Waals surface area contributed by atoms with Gasteiger partial charge in [-0.15, -0.1) is 0 Å². The standard InChI is InChI=1S/C30H29ClN2O7S/c1-41(36,37)40-15-14-39-29-17-23(24(16-27(29)31)19-33-12-13-38-20-28(33)30(34)35)11-10-22-8-5-9-25(26(22)18-32)21-6-3-2-4-7-21/h2-11,16-17,28H,12-15,19-20H2,1H3,(H,34,35)/b11-10+/t28-/m0/s1. The molecule has 3 aromatic rings. The molecule has 1 aliphatic heterocycles. The Balaban J connectivity index is 1.69. The maximum Gasteiger partial charge on any atom is 0.323 e. The van der Waals surface area contributed by atoms with Crippen LogP contribution in [0.3, 0.4) is 0 Å². The average Bonchev–Trinajstić information content (AvgIpc) is 2.95. The molecule has 214 valence electrons. The van der Waals surface area contributed by atoms with Crippen LogP contribution in [-0.2, 0) is 30.4 Å². The molecule has 0 aliphatic carbocycles. The number of hydrogen-bond acceptors (Lipinski definition) is 8. The highest BCUT2D eigenvalue weighted by atomic mass is 35.5. The van der Waals surface area contributed by atoms with Gasteiger partial charge in [0.25, 0.3) is 10.1 Å². The highest BCUT2D eigenvalue weighted by molar-refractivity contribution is 7.85. The van der Waals surface area contributed by atoms with Gasteiger partial charge in [0.2, 0.25) is 0 Å². The van der Waals surface area contributed by atoms with Crippen molar-refractivity contribution < 1.29 is 32.0 Å². The van der Waals surface area contributed by atoms with Gasteiger partial charge in [0.15, 0.2) is 0 Å². The lowest BCUT2D eigenvalue weighted by molar-refractivity contribution is -0.150. The molecule has 1 heterocycles. The molecule has 1 N–H and O–H groups in total. The van der Waals surface area contributed by atoms with Crippen molar-refractivity contribution in [3.8, 4) is 22.9 Å². The lowest BCUT2D eigenvalue weighted by Crippen LogP contribution is -2.49. The third-order valence-corrected chi connectivity index (χ3v) is 7.36. The topological polar surface area (TPSA) is 126 Å². The first-order chi connectivity index (χ1) is 19.7. The molecular weight excluding hydrogens is 568 g/mol. The molecule has 0 saturated carbocycles. The molecule has 0 aromatic heterocycles. The molecule has 0 radical (unpaired) electrons. The summed E-state index contributed by atoms with van der Waals surface area (Å²) in [7, 11) is -3.62. The molecule has 1 fully saturated rings. The highest BCUT2D eigenvalue weighted by Gasteiger charge is 2.29. The number of halogens is 1. The summed E-state index contributed by atoms with van der Waals surface area (Å²) in [5.41, 5.74) is 4.38. The molecule has 1 saturated heterocycles. The number of carboxylic acid groups (broad SMARTS) is 1. The van der Waals surface area contributed by atoms with Crippen LogP contribution in [-0.4, -0.2) is 69.7 Å². The Morgan fingerprint density at radius 2 is 1.90 bits per heavy atom. The molecule has 41 heavy (non-hydrogen) atoms. The van der Waals surface area contributed by atoms with Crippen LogP contribution in [0.1, 0.15) is 22.3 Å². The van der Waals surface area contributed by atoms with Gasteiger partial charge >= 0.3 is 5.97 Å². The number of morpholine rings is 1. The van der Waals surface area contributed by atoms with Crippen LogP contribution in [0.5, 0.6) is 5.75 Å². The fourth-order valence-electron chi connectivity index (χ4n) is 4.50. The quantitative estimate of drug-likeness (QED) is 0.190. The smallest absolute Gasteiger partial charge is 0.323 e. The fraction of sp³-hybridized carbons (Fsp3) is 0.267. The van der Waals surface area contributed by atoms with E-state index in [4.69, 9.17) is 25.3 Å². The van der Waals surface area contributed by atoms with Crippen molar-refractivity contribution in [3.63, 3.8) is 0 Å². The van der Waals surface area contributed by atoms with Crippen molar-refractivity contribution >= 4 is 39.8 Å². The van der Waals surface area contributed by atoms with Gasteiger partial charge in [-0.3, -0.25) is 13.9 Å². The van der Waals surface area contributed by atoms with Gasteiger partial charge in [-0.25, -0.2) is 0 Å². The Hall–Kier alpha value is -3.72. The molecule has 0 bridgehead atoms. The predicted molar refractivity (Wildman–Crippen MR) is 156 cm³/mol. The predicted octanol–water partition coefficient (Wildman–Crippen LogP) is 4.69. The lowest BCUT2D eigenvalue weighted by Gasteiger charge is -2.33. The van der Waals surface area contributed by atoms with E-state index in [1.54, 1.807) is 12.1 Å². The fourth-order valence-corrected chi connectivity index (χ4v) is 5.11. The third kappa shape index (κ3) is 8.16. The monoisotopic (exact) mass is 596 g/mol. The molecule has 1 aliphatic rings. The van der Waals surface area contributed by atoms with E-state index in [9.17, 15) is 23.6 Å². The summed E-state index contributed by atoms with van der Waals surface area (Å²) >= 11 is 6.53. The van der Waals surface area contributed by atoms with E-state index in [0.717, 1.165) is 22.9 Å². The molecular formula is C30H29ClN2O7S. The SMILES string of the molecule is CS(=O)(=O)OCCOc1cc(/C=C/c2cccc(-c3ccccc3)c2C#N)c(CN2CCOC[C@H]2C(=O)O)cc1Cl. The van der Waals surface area contributed by atoms with Crippen molar-refractivity contribution in [2.75, 3.05) is 39.2 Å². The highest BCUT2D eigenvalue weighted by Crippen LogP contribution is 2.32. The van der Waals surface area contributed by atoms with Crippen molar-refractivity contribution in [2.45, 2.75) is 12.6 Å². The van der Waals surface area contributed by atoms with Crippen LogP contribution in [0, 0.1) is 11.3 Å². The Morgan fingerprint density at radius 1 is 1.15 bits per heavy atom. The second-order valence-corrected chi connectivity index (χ2v) is 11.4. The molecule has 9 nitrogen and oxygen atoms in total. The maximum atomic E-state index is 11.8. The summed E-state index contributed by atoms with van der Waals surface area (Å²) in [5, 5.41) is 20.0. The zero-order chi connectivity index (χ0) is 29.4. The van der Waals surface area contributed by atoms with Crippen LogP contribution in [0.15, 0.2) is 60.7 Å². The van der Waals surface area contributed by atoms with Crippen LogP contribution >= 0.6 is 11.6 Å². The van der Waals surface area contributed by atoms with E-state index in [2.05, 4.69) is 6.07 Å². The van der Waals surface area contributed by atoms with E-state index in [1.165, 1.54) is 0 Å². The first-order valence-corrected chi connectivity index (χ1v) is 15.0. The largest absolute Gasteiger partial charge is 0.490 e. The van der Waals surface area contributed by atoms with Crippen LogP contribution in [0.2, 0.25) is 5.02 Å². The number of rotatable bonds is 11. The maximum absolute atomic E-state index is 11.8. The summed E-state index contributed by atoms with van der Waals surface area (Å²) in [4.78, 5) is 13.7. The summed E-state index contributed by atoms with van der Waals surface area (Å²) in [5.74, 6) is -0.669. The Kier molecular flexibility index (Phi) is 10.2. The van der Waals surface area contributed by atoms with E-state index in [0.29, 0.717) is 35.6 Å². The summed E-state index contributed by atoms with van der Waals surface area (Å²) in [6.45, 7) is 0.948. The molecule has 0 unspecified atom stereocenters. The van der Waals surface area contributed by atoms with Gasteiger partial charge < -0.3 is 14.6 Å². The number of carbonyl (C=O) groups is 1. The third-order valence-electron chi connectivity index (χ3n) is 6.47. The van der Waals surface area contributed by atoms with Crippen molar-refractivity contribution in [2.24, 2.45) is 0 Å². The molecule has 0 amide bonds. The molecule has 4 rings (SSSR count). The minimum Gasteiger partial charge on any atom is -0.490 e. The number of ether oxygens (including phenoxy) is 2. The number of nitrogens with zero attached hydrogens (tertiary/aromatic N) is 2. The minimum absolute atomic E-state index is 0.0580. The minimum atomic E-state index is -3.62. The number of carboxylic acids is 1. The number of nitriles is 1. The van der Waals surface area contributed by atoms with E-state index in [1.807, 2.05) is 65.6 Å². The lowest BCUT2D eigenvalue weighted by atomic mass is 9.95. The normalized spacial score (nSPS) is 16.0. The van der Waals surface area contributed by atoms with Crippen molar-refractivity contribution in [1.29, 1.82) is 5.26 Å². The Labute approximate surface area is 244 Å². The summed E-state index contributed by atoms with van der Waals surface area (Å²) < 4.78 is 38.4. The van der Waals surface area contributed by atoms with Crippen LogP contribution in [0.25, 0.3) is 23.3 Å². The van der Waals surface area contributed by atoms with Gasteiger partial charge in [-0.05, 0) is 34.4 Å².